The molecule has 1 atom stereocenters. The van der Waals surface area contributed by atoms with Gasteiger partial charge in [-0.25, -0.2) is 15.8 Å². The minimum atomic E-state index is -0.480. The summed E-state index contributed by atoms with van der Waals surface area (Å²) in [6.45, 7) is 8.73. The van der Waals surface area contributed by atoms with Crippen LogP contribution in [0.25, 0.3) is 10.2 Å². The van der Waals surface area contributed by atoms with E-state index in [-0.39, 0.29) is 0 Å². The SMILES string of the molecule is CCOC(C)(CC)c1nc(NN)c2cc(C)sc2n1. The van der Waals surface area contributed by atoms with E-state index in [9.17, 15) is 0 Å². The van der Waals surface area contributed by atoms with E-state index in [0.717, 1.165) is 16.6 Å². The van der Waals surface area contributed by atoms with Gasteiger partial charge >= 0.3 is 0 Å². The first-order valence-electron chi connectivity index (χ1n) is 6.43. The smallest absolute Gasteiger partial charge is 0.163 e. The van der Waals surface area contributed by atoms with Gasteiger partial charge in [0.15, 0.2) is 11.6 Å². The largest absolute Gasteiger partial charge is 0.368 e. The third-order valence-corrected chi connectivity index (χ3v) is 4.21. The van der Waals surface area contributed by atoms with Crippen molar-refractivity contribution in [1.82, 2.24) is 9.97 Å². The van der Waals surface area contributed by atoms with E-state index in [2.05, 4.69) is 22.3 Å². The summed E-state index contributed by atoms with van der Waals surface area (Å²) in [5.41, 5.74) is 2.18. The van der Waals surface area contributed by atoms with Crippen LogP contribution in [0.1, 0.15) is 37.9 Å². The highest BCUT2D eigenvalue weighted by Crippen LogP contribution is 2.33. The zero-order valence-corrected chi connectivity index (χ0v) is 12.6. The Labute approximate surface area is 117 Å². The second-order valence-electron chi connectivity index (χ2n) is 4.63. The van der Waals surface area contributed by atoms with Crippen molar-refractivity contribution in [2.45, 2.75) is 39.7 Å². The van der Waals surface area contributed by atoms with Crippen molar-refractivity contribution in [3.8, 4) is 0 Å². The van der Waals surface area contributed by atoms with Gasteiger partial charge in [0.05, 0.1) is 5.39 Å². The maximum atomic E-state index is 5.83. The molecule has 19 heavy (non-hydrogen) atoms. The van der Waals surface area contributed by atoms with Gasteiger partial charge < -0.3 is 10.2 Å². The first-order chi connectivity index (χ1) is 9.04. The van der Waals surface area contributed by atoms with Crippen molar-refractivity contribution < 1.29 is 4.74 Å². The predicted molar refractivity (Wildman–Crippen MR) is 79.2 cm³/mol. The monoisotopic (exact) mass is 280 g/mol. The van der Waals surface area contributed by atoms with Crippen molar-refractivity contribution in [3.63, 3.8) is 0 Å². The highest BCUT2D eigenvalue weighted by atomic mass is 32.1. The number of hydrogen-bond acceptors (Lipinski definition) is 6. The lowest BCUT2D eigenvalue weighted by Gasteiger charge is -2.26. The van der Waals surface area contributed by atoms with Gasteiger partial charge in [-0.2, -0.15) is 0 Å². The van der Waals surface area contributed by atoms with Crippen LogP contribution < -0.4 is 11.3 Å². The lowest BCUT2D eigenvalue weighted by Crippen LogP contribution is -2.28. The molecule has 2 rings (SSSR count). The summed E-state index contributed by atoms with van der Waals surface area (Å²) < 4.78 is 5.83. The highest BCUT2D eigenvalue weighted by Gasteiger charge is 2.29. The highest BCUT2D eigenvalue weighted by molar-refractivity contribution is 7.18. The first kappa shape index (κ1) is 14.2. The van der Waals surface area contributed by atoms with Gasteiger partial charge in [0.25, 0.3) is 0 Å². The Balaban J connectivity index is 2.60. The van der Waals surface area contributed by atoms with Gasteiger partial charge in [0, 0.05) is 11.5 Å². The number of aromatic nitrogens is 2. The van der Waals surface area contributed by atoms with Crippen LogP contribution in [0.4, 0.5) is 5.82 Å². The van der Waals surface area contributed by atoms with Gasteiger partial charge in [0.1, 0.15) is 10.4 Å². The molecule has 0 saturated carbocycles. The molecular weight excluding hydrogens is 260 g/mol. The summed E-state index contributed by atoms with van der Waals surface area (Å²) in [4.78, 5) is 11.3. The summed E-state index contributed by atoms with van der Waals surface area (Å²) in [6, 6.07) is 2.04. The van der Waals surface area contributed by atoms with E-state index in [0.29, 0.717) is 18.2 Å². The van der Waals surface area contributed by atoms with E-state index >= 15 is 0 Å². The molecule has 6 heteroatoms. The standard InChI is InChI=1S/C13H20N4OS/c1-5-13(4,18-6-2)12-15-10(17-14)9-7-8(3)19-11(9)16-12/h7H,5-6,14H2,1-4H3,(H,15,16,17). The van der Waals surface area contributed by atoms with Gasteiger partial charge in [-0.3, -0.25) is 0 Å². The molecule has 0 amide bonds. The topological polar surface area (TPSA) is 73.1 Å². The number of nitrogens with zero attached hydrogens (tertiary/aromatic N) is 2. The fourth-order valence-electron chi connectivity index (χ4n) is 2.03. The molecule has 0 aliphatic rings. The van der Waals surface area contributed by atoms with Crippen molar-refractivity contribution in [2.75, 3.05) is 12.0 Å². The predicted octanol–water partition coefficient (Wildman–Crippen LogP) is 2.95. The Hall–Kier alpha value is -1.24. The Kier molecular flexibility index (Phi) is 4.03. The van der Waals surface area contributed by atoms with E-state index in [1.54, 1.807) is 11.3 Å². The number of rotatable bonds is 5. The molecule has 104 valence electrons. The molecule has 0 aliphatic carbocycles. The molecule has 0 bridgehead atoms. The number of ether oxygens (including phenoxy) is 1. The number of thiophene rings is 1. The maximum Gasteiger partial charge on any atom is 0.163 e. The molecule has 0 aromatic carbocycles. The molecule has 2 aromatic rings. The fraction of sp³-hybridized carbons (Fsp3) is 0.538. The van der Waals surface area contributed by atoms with Crippen LogP contribution in [-0.4, -0.2) is 16.6 Å². The minimum absolute atomic E-state index is 0.480. The fourth-order valence-corrected chi connectivity index (χ4v) is 2.91. The average Bonchev–Trinajstić information content (AvgIpc) is 2.77. The van der Waals surface area contributed by atoms with Crippen molar-refractivity contribution >= 4 is 27.4 Å². The molecule has 0 radical (unpaired) electrons. The molecule has 1 unspecified atom stereocenters. The lowest BCUT2D eigenvalue weighted by atomic mass is 10.0. The molecule has 0 saturated heterocycles. The maximum absolute atomic E-state index is 5.83. The van der Waals surface area contributed by atoms with Gasteiger partial charge in [-0.05, 0) is 33.3 Å². The summed E-state index contributed by atoms with van der Waals surface area (Å²) in [5.74, 6) is 6.91. The summed E-state index contributed by atoms with van der Waals surface area (Å²) in [7, 11) is 0. The molecule has 3 N–H and O–H groups in total. The molecule has 2 heterocycles. The molecule has 2 aromatic heterocycles. The molecule has 0 fully saturated rings. The van der Waals surface area contributed by atoms with E-state index in [1.165, 1.54) is 4.88 Å². The minimum Gasteiger partial charge on any atom is -0.368 e. The van der Waals surface area contributed by atoms with Gasteiger partial charge in [-0.1, -0.05) is 6.92 Å². The van der Waals surface area contributed by atoms with E-state index in [4.69, 9.17) is 10.6 Å². The van der Waals surface area contributed by atoms with Crippen LogP contribution in [0.2, 0.25) is 0 Å². The third kappa shape index (κ3) is 2.56. The number of nitrogens with one attached hydrogen (secondary N) is 1. The first-order valence-corrected chi connectivity index (χ1v) is 7.25. The number of anilines is 1. The number of fused-ring (bicyclic) bond motifs is 1. The van der Waals surface area contributed by atoms with Gasteiger partial charge in [0.2, 0.25) is 0 Å². The number of aryl methyl sites for hydroxylation is 1. The summed E-state index contributed by atoms with van der Waals surface area (Å²) in [5, 5.41) is 0.962. The third-order valence-electron chi connectivity index (χ3n) is 3.26. The van der Waals surface area contributed by atoms with Crippen LogP contribution in [0.5, 0.6) is 0 Å². The van der Waals surface area contributed by atoms with Crippen LogP contribution in [-0.2, 0) is 10.3 Å². The zero-order valence-electron chi connectivity index (χ0n) is 11.8. The van der Waals surface area contributed by atoms with Crippen LogP contribution in [0, 0.1) is 6.92 Å². The normalized spacial score (nSPS) is 14.6. The van der Waals surface area contributed by atoms with Crippen LogP contribution >= 0.6 is 11.3 Å². The number of nitrogen functional groups attached to an aromatic ring is 1. The number of hydrogen-bond donors (Lipinski definition) is 2. The second-order valence-corrected chi connectivity index (χ2v) is 5.87. The summed E-state index contributed by atoms with van der Waals surface area (Å²) >= 11 is 1.64. The Morgan fingerprint density at radius 3 is 2.74 bits per heavy atom. The van der Waals surface area contributed by atoms with E-state index in [1.807, 2.05) is 26.8 Å². The van der Waals surface area contributed by atoms with Crippen molar-refractivity contribution in [1.29, 1.82) is 0 Å². The lowest BCUT2D eigenvalue weighted by molar-refractivity contribution is -0.0386. The number of nitrogens with two attached hydrogens (primary N) is 1. The molecule has 5 nitrogen and oxygen atoms in total. The molecular formula is C13H20N4OS. The quantitative estimate of drug-likeness (QED) is 0.650. The van der Waals surface area contributed by atoms with Gasteiger partial charge in [-0.15, -0.1) is 11.3 Å². The van der Waals surface area contributed by atoms with Crippen molar-refractivity contribution in [2.24, 2.45) is 5.84 Å². The Morgan fingerprint density at radius 2 is 2.16 bits per heavy atom. The molecule has 0 spiro atoms. The van der Waals surface area contributed by atoms with Crippen molar-refractivity contribution in [3.05, 3.63) is 16.8 Å². The number of hydrazine groups is 1. The summed E-state index contributed by atoms with van der Waals surface area (Å²) in [6.07, 6.45) is 0.806. The van der Waals surface area contributed by atoms with E-state index < -0.39 is 5.60 Å². The average molecular weight is 280 g/mol. The second kappa shape index (κ2) is 5.40. The Bertz CT molecular complexity index is 583. The Morgan fingerprint density at radius 1 is 1.42 bits per heavy atom. The zero-order chi connectivity index (χ0) is 14.0. The van der Waals surface area contributed by atoms with Crippen LogP contribution in [0.15, 0.2) is 6.07 Å². The van der Waals surface area contributed by atoms with Crippen LogP contribution in [0.3, 0.4) is 0 Å². The molecule has 0 aliphatic heterocycles.